The molecule has 0 radical (unpaired) electrons. The van der Waals surface area contributed by atoms with Crippen molar-refractivity contribution in [2.75, 3.05) is 7.05 Å². The van der Waals surface area contributed by atoms with E-state index >= 15 is 0 Å². The molecule has 21 heavy (non-hydrogen) atoms. The van der Waals surface area contributed by atoms with Crippen LogP contribution in [0.15, 0.2) is 47.2 Å². The summed E-state index contributed by atoms with van der Waals surface area (Å²) in [6.45, 7) is 4.04. The van der Waals surface area contributed by atoms with Crippen LogP contribution in [-0.2, 0) is 6.42 Å². The van der Waals surface area contributed by atoms with Crippen molar-refractivity contribution in [2.45, 2.75) is 32.4 Å². The van der Waals surface area contributed by atoms with Crippen molar-refractivity contribution in [2.24, 2.45) is 0 Å². The quantitative estimate of drug-likeness (QED) is 0.851. The van der Waals surface area contributed by atoms with Gasteiger partial charge in [-0.15, -0.1) is 0 Å². The lowest BCUT2D eigenvalue weighted by Gasteiger charge is -2.18. The van der Waals surface area contributed by atoms with E-state index in [1.165, 1.54) is 5.56 Å². The summed E-state index contributed by atoms with van der Waals surface area (Å²) in [5.74, 6) is 0.817. The Morgan fingerprint density at radius 3 is 2.71 bits per heavy atom. The zero-order valence-electron chi connectivity index (χ0n) is 12.6. The number of halogens is 1. The van der Waals surface area contributed by atoms with Crippen LogP contribution < -0.4 is 10.1 Å². The number of ether oxygens (including phenoxy) is 1. The van der Waals surface area contributed by atoms with Crippen molar-refractivity contribution in [1.29, 1.82) is 0 Å². The molecular weight excluding hydrogens is 328 g/mol. The molecule has 1 aromatic heterocycles. The van der Waals surface area contributed by atoms with Gasteiger partial charge in [0.25, 0.3) is 0 Å². The predicted octanol–water partition coefficient (Wildman–Crippen LogP) is 4.13. The van der Waals surface area contributed by atoms with Gasteiger partial charge in [-0.25, -0.2) is 0 Å². The van der Waals surface area contributed by atoms with Gasteiger partial charge in [-0.2, -0.15) is 0 Å². The fourth-order valence-electron chi connectivity index (χ4n) is 2.25. The number of pyridine rings is 1. The summed E-state index contributed by atoms with van der Waals surface area (Å²) in [6, 6.07) is 10.6. The number of benzene rings is 1. The molecule has 0 aliphatic rings. The second-order valence-corrected chi connectivity index (χ2v) is 6.21. The van der Waals surface area contributed by atoms with Gasteiger partial charge in [-0.1, -0.05) is 28.1 Å². The van der Waals surface area contributed by atoms with Crippen LogP contribution in [0.25, 0.3) is 0 Å². The van der Waals surface area contributed by atoms with Gasteiger partial charge in [0, 0.05) is 16.7 Å². The van der Waals surface area contributed by atoms with Gasteiger partial charge in [0.2, 0.25) is 0 Å². The molecule has 0 aliphatic carbocycles. The zero-order chi connectivity index (χ0) is 15.2. The lowest BCUT2D eigenvalue weighted by molar-refractivity contribution is 0.241. The van der Waals surface area contributed by atoms with E-state index < -0.39 is 0 Å². The second-order valence-electron chi connectivity index (χ2n) is 5.30. The highest BCUT2D eigenvalue weighted by molar-refractivity contribution is 9.10. The summed E-state index contributed by atoms with van der Waals surface area (Å²) in [5, 5.41) is 3.36. The van der Waals surface area contributed by atoms with Crippen molar-refractivity contribution in [3.05, 3.63) is 58.3 Å². The Kier molecular flexibility index (Phi) is 5.76. The van der Waals surface area contributed by atoms with Crippen LogP contribution in [0.2, 0.25) is 0 Å². The second kappa shape index (κ2) is 7.57. The molecule has 0 spiro atoms. The average Bonchev–Trinajstić information content (AvgIpc) is 2.44. The van der Waals surface area contributed by atoms with Crippen LogP contribution >= 0.6 is 15.9 Å². The maximum atomic E-state index is 5.72. The van der Waals surface area contributed by atoms with Gasteiger partial charge in [0.05, 0.1) is 12.3 Å². The first kappa shape index (κ1) is 16.0. The third kappa shape index (κ3) is 4.83. The SMILES string of the molecule is CNC(Cc1cccc(Br)c1)c1cncc(OC(C)C)c1. The van der Waals surface area contributed by atoms with Gasteiger partial charge >= 0.3 is 0 Å². The van der Waals surface area contributed by atoms with E-state index in [4.69, 9.17) is 4.74 Å². The van der Waals surface area contributed by atoms with E-state index in [0.717, 1.165) is 22.2 Å². The van der Waals surface area contributed by atoms with Gasteiger partial charge in [-0.05, 0) is 56.6 Å². The first-order chi connectivity index (χ1) is 10.1. The van der Waals surface area contributed by atoms with Crippen LogP contribution in [-0.4, -0.2) is 18.1 Å². The molecule has 0 fully saturated rings. The number of aromatic nitrogens is 1. The maximum Gasteiger partial charge on any atom is 0.138 e. The number of nitrogens with one attached hydrogen (secondary N) is 1. The predicted molar refractivity (Wildman–Crippen MR) is 89.6 cm³/mol. The molecule has 0 bridgehead atoms. The molecule has 0 saturated heterocycles. The van der Waals surface area contributed by atoms with E-state index in [1.54, 1.807) is 6.20 Å². The molecule has 1 atom stereocenters. The van der Waals surface area contributed by atoms with Crippen LogP contribution in [0.3, 0.4) is 0 Å². The fourth-order valence-corrected chi connectivity index (χ4v) is 2.70. The summed E-state index contributed by atoms with van der Waals surface area (Å²) < 4.78 is 6.82. The molecule has 0 aliphatic heterocycles. The Morgan fingerprint density at radius 2 is 2.05 bits per heavy atom. The van der Waals surface area contributed by atoms with E-state index in [9.17, 15) is 0 Å². The van der Waals surface area contributed by atoms with Crippen LogP contribution in [0.1, 0.15) is 31.0 Å². The molecule has 3 nitrogen and oxygen atoms in total. The highest BCUT2D eigenvalue weighted by atomic mass is 79.9. The smallest absolute Gasteiger partial charge is 0.138 e. The highest BCUT2D eigenvalue weighted by Gasteiger charge is 2.12. The van der Waals surface area contributed by atoms with Crippen molar-refractivity contribution in [3.8, 4) is 5.75 Å². The molecule has 1 aromatic carbocycles. The van der Waals surface area contributed by atoms with Crippen molar-refractivity contribution in [1.82, 2.24) is 10.3 Å². The monoisotopic (exact) mass is 348 g/mol. The van der Waals surface area contributed by atoms with E-state index in [-0.39, 0.29) is 12.1 Å². The van der Waals surface area contributed by atoms with Crippen LogP contribution in [0.5, 0.6) is 5.75 Å². The fraction of sp³-hybridized carbons (Fsp3) is 0.353. The lowest BCUT2D eigenvalue weighted by atomic mass is 10.0. The lowest BCUT2D eigenvalue weighted by Crippen LogP contribution is -2.19. The summed E-state index contributed by atoms with van der Waals surface area (Å²) in [5.41, 5.74) is 2.41. The molecule has 1 heterocycles. The Balaban J connectivity index is 2.17. The molecule has 0 amide bonds. The maximum absolute atomic E-state index is 5.72. The summed E-state index contributed by atoms with van der Waals surface area (Å²) in [4.78, 5) is 4.29. The first-order valence-electron chi connectivity index (χ1n) is 7.12. The normalized spacial score (nSPS) is 12.4. The first-order valence-corrected chi connectivity index (χ1v) is 7.91. The van der Waals surface area contributed by atoms with Crippen molar-refractivity contribution < 1.29 is 4.74 Å². The number of likely N-dealkylation sites (N-methyl/N-ethyl adjacent to an activating group) is 1. The number of hydrogen-bond donors (Lipinski definition) is 1. The summed E-state index contributed by atoms with van der Waals surface area (Å²) >= 11 is 3.52. The van der Waals surface area contributed by atoms with Gasteiger partial charge in [-0.3, -0.25) is 4.98 Å². The Bertz CT molecular complexity index is 587. The average molecular weight is 349 g/mol. The molecule has 0 saturated carbocycles. The van der Waals surface area contributed by atoms with Crippen molar-refractivity contribution >= 4 is 15.9 Å². The van der Waals surface area contributed by atoms with Crippen LogP contribution in [0.4, 0.5) is 0 Å². The topological polar surface area (TPSA) is 34.2 Å². The summed E-state index contributed by atoms with van der Waals surface area (Å²) in [6.07, 6.45) is 4.71. The van der Waals surface area contributed by atoms with E-state index in [0.29, 0.717) is 0 Å². The standard InChI is InChI=1S/C17H21BrN2O/c1-12(2)21-16-9-14(10-20-11-16)17(19-3)8-13-5-4-6-15(18)7-13/h4-7,9-12,17,19H,8H2,1-3H3. The molecular formula is C17H21BrN2O. The minimum atomic E-state index is 0.153. The molecule has 1 N–H and O–H groups in total. The van der Waals surface area contributed by atoms with Crippen molar-refractivity contribution in [3.63, 3.8) is 0 Å². The minimum Gasteiger partial charge on any atom is -0.489 e. The Hall–Kier alpha value is -1.39. The number of rotatable bonds is 6. The van der Waals surface area contributed by atoms with Gasteiger partial charge in [0.1, 0.15) is 5.75 Å². The van der Waals surface area contributed by atoms with Gasteiger partial charge < -0.3 is 10.1 Å². The number of hydrogen-bond acceptors (Lipinski definition) is 3. The highest BCUT2D eigenvalue weighted by Crippen LogP contribution is 2.23. The molecule has 2 rings (SSSR count). The third-order valence-electron chi connectivity index (χ3n) is 3.19. The van der Waals surface area contributed by atoms with E-state index in [2.05, 4.69) is 50.5 Å². The Morgan fingerprint density at radius 1 is 1.24 bits per heavy atom. The Labute approximate surface area is 134 Å². The van der Waals surface area contributed by atoms with Gasteiger partial charge in [0.15, 0.2) is 0 Å². The largest absolute Gasteiger partial charge is 0.489 e. The van der Waals surface area contributed by atoms with E-state index in [1.807, 2.05) is 33.2 Å². The molecule has 1 unspecified atom stereocenters. The molecule has 2 aromatic rings. The third-order valence-corrected chi connectivity index (χ3v) is 3.68. The summed E-state index contributed by atoms with van der Waals surface area (Å²) in [7, 11) is 1.97. The number of nitrogens with zero attached hydrogens (tertiary/aromatic N) is 1. The zero-order valence-corrected chi connectivity index (χ0v) is 14.2. The minimum absolute atomic E-state index is 0.153. The molecule has 112 valence electrons. The van der Waals surface area contributed by atoms with Crippen LogP contribution in [0, 0.1) is 0 Å². The molecule has 4 heteroatoms.